The first-order chi connectivity index (χ1) is 16.7. The Kier molecular flexibility index (Phi) is 6.51. The van der Waals surface area contributed by atoms with E-state index >= 15 is 0 Å². The third kappa shape index (κ3) is 4.38. The van der Waals surface area contributed by atoms with Gasteiger partial charge in [-0.15, -0.1) is 11.3 Å². The Balaban J connectivity index is 1.40. The van der Waals surface area contributed by atoms with Gasteiger partial charge in [0.05, 0.1) is 12.6 Å². The predicted molar refractivity (Wildman–Crippen MR) is 128 cm³/mol. The van der Waals surface area contributed by atoms with Gasteiger partial charge in [-0.25, -0.2) is 0 Å². The highest BCUT2D eigenvalue weighted by atomic mass is 32.1. The smallest absolute Gasteiger partial charge is 0.254 e. The number of fused-ring (bicyclic) bond motifs is 2. The van der Waals surface area contributed by atoms with Crippen LogP contribution in [-0.2, 0) is 16.0 Å². The molecule has 7 nitrogen and oxygen atoms in total. The molecule has 34 heavy (non-hydrogen) atoms. The van der Waals surface area contributed by atoms with Gasteiger partial charge in [-0.3, -0.25) is 9.59 Å². The first kappa shape index (κ1) is 22.4. The van der Waals surface area contributed by atoms with Crippen molar-refractivity contribution < 1.29 is 23.8 Å². The van der Waals surface area contributed by atoms with Gasteiger partial charge in [-0.2, -0.15) is 0 Å². The lowest BCUT2D eigenvalue weighted by Crippen LogP contribution is -2.47. The molecule has 0 radical (unpaired) electrons. The van der Waals surface area contributed by atoms with Crippen molar-refractivity contribution in [2.45, 2.75) is 12.5 Å². The number of thiophene rings is 1. The quantitative estimate of drug-likeness (QED) is 0.518. The molecule has 0 saturated carbocycles. The summed E-state index contributed by atoms with van der Waals surface area (Å²) < 4.78 is 16.0. The second kappa shape index (κ2) is 9.87. The Morgan fingerprint density at radius 3 is 2.76 bits per heavy atom. The molecule has 0 bridgehead atoms. The molecule has 2 aliphatic rings. The van der Waals surface area contributed by atoms with E-state index in [1.165, 1.54) is 10.4 Å². The van der Waals surface area contributed by atoms with E-state index in [2.05, 4.69) is 23.6 Å². The maximum atomic E-state index is 13.7. The summed E-state index contributed by atoms with van der Waals surface area (Å²) in [5.74, 6) is 0.819. The number of ether oxygens (including phenoxy) is 3. The molecule has 0 spiro atoms. The van der Waals surface area contributed by atoms with Crippen molar-refractivity contribution in [3.8, 4) is 11.5 Å². The lowest BCUT2D eigenvalue weighted by Gasteiger charge is -2.37. The molecule has 8 heteroatoms. The highest BCUT2D eigenvalue weighted by Crippen LogP contribution is 2.38. The Bertz CT molecular complexity index is 1180. The Morgan fingerprint density at radius 2 is 1.94 bits per heavy atom. The van der Waals surface area contributed by atoms with E-state index in [1.807, 2.05) is 23.1 Å². The lowest BCUT2D eigenvalue weighted by atomic mass is 9.93. The first-order valence-electron chi connectivity index (χ1n) is 11.2. The molecule has 1 aromatic heterocycles. The van der Waals surface area contributed by atoms with E-state index in [0.29, 0.717) is 36.8 Å². The summed E-state index contributed by atoms with van der Waals surface area (Å²) >= 11 is 1.73. The summed E-state index contributed by atoms with van der Waals surface area (Å²) in [7, 11) is 1.58. The van der Waals surface area contributed by atoms with E-state index in [9.17, 15) is 9.59 Å². The summed E-state index contributed by atoms with van der Waals surface area (Å²) in [5.41, 5.74) is 2.69. The number of benzene rings is 2. The Morgan fingerprint density at radius 1 is 1.12 bits per heavy atom. The van der Waals surface area contributed by atoms with Crippen LogP contribution in [0.4, 0.5) is 0 Å². The van der Waals surface area contributed by atoms with Crippen LogP contribution in [0.5, 0.6) is 11.5 Å². The maximum Gasteiger partial charge on any atom is 0.254 e. The molecule has 0 fully saturated rings. The highest BCUT2D eigenvalue weighted by Gasteiger charge is 2.34. The molecule has 5 rings (SSSR count). The van der Waals surface area contributed by atoms with Crippen molar-refractivity contribution in [1.82, 2.24) is 9.80 Å². The number of amides is 2. The number of nitrogens with zero attached hydrogens (tertiary/aromatic N) is 2. The van der Waals surface area contributed by atoms with Crippen molar-refractivity contribution >= 4 is 23.2 Å². The number of carbonyl (C=O) groups excluding carboxylic acids is 2. The molecule has 0 saturated heterocycles. The van der Waals surface area contributed by atoms with Crippen LogP contribution in [0.2, 0.25) is 0 Å². The monoisotopic (exact) mass is 478 g/mol. The van der Waals surface area contributed by atoms with Gasteiger partial charge in [-0.05, 0) is 47.2 Å². The fourth-order valence-corrected chi connectivity index (χ4v) is 5.40. The van der Waals surface area contributed by atoms with Gasteiger partial charge in [0.25, 0.3) is 5.91 Å². The number of carbonyl (C=O) groups is 2. The molecular weight excluding hydrogens is 452 g/mol. The fourth-order valence-electron chi connectivity index (χ4n) is 4.50. The molecular formula is C26H26N2O5S. The number of rotatable bonds is 7. The normalized spacial score (nSPS) is 16.3. The van der Waals surface area contributed by atoms with Crippen LogP contribution in [0.3, 0.4) is 0 Å². The fraction of sp³-hybridized carbons (Fsp3) is 0.308. The largest absolute Gasteiger partial charge is 0.454 e. The summed E-state index contributed by atoms with van der Waals surface area (Å²) in [6, 6.07) is 17.1. The van der Waals surface area contributed by atoms with Gasteiger partial charge in [0, 0.05) is 30.6 Å². The average molecular weight is 479 g/mol. The minimum atomic E-state index is -0.242. The predicted octanol–water partition coefficient (Wildman–Crippen LogP) is 3.74. The van der Waals surface area contributed by atoms with Gasteiger partial charge in [0.2, 0.25) is 12.7 Å². The van der Waals surface area contributed by atoms with E-state index in [0.717, 1.165) is 12.0 Å². The van der Waals surface area contributed by atoms with E-state index in [4.69, 9.17) is 14.2 Å². The van der Waals surface area contributed by atoms with Crippen LogP contribution >= 0.6 is 11.3 Å². The second-order valence-corrected chi connectivity index (χ2v) is 9.24. The van der Waals surface area contributed by atoms with Crippen LogP contribution in [0.15, 0.2) is 60.0 Å². The zero-order chi connectivity index (χ0) is 23.5. The van der Waals surface area contributed by atoms with E-state index in [1.54, 1.807) is 41.5 Å². The summed E-state index contributed by atoms with van der Waals surface area (Å²) in [4.78, 5) is 31.8. The van der Waals surface area contributed by atoms with Crippen molar-refractivity contribution in [2.24, 2.45) is 0 Å². The summed E-state index contributed by atoms with van der Waals surface area (Å²) in [5, 5.41) is 2.09. The molecule has 1 atom stereocenters. The van der Waals surface area contributed by atoms with Gasteiger partial charge in [0.1, 0.15) is 6.54 Å². The number of hydrogen-bond donors (Lipinski definition) is 0. The minimum absolute atomic E-state index is 0.0283. The van der Waals surface area contributed by atoms with Crippen LogP contribution in [0, 0.1) is 0 Å². The molecule has 3 aromatic rings. The summed E-state index contributed by atoms with van der Waals surface area (Å²) in [6.45, 7) is 1.37. The topological polar surface area (TPSA) is 68.3 Å². The third-order valence-electron chi connectivity index (χ3n) is 6.20. The van der Waals surface area contributed by atoms with E-state index < -0.39 is 0 Å². The lowest BCUT2D eigenvalue weighted by molar-refractivity contribution is -0.134. The Hall–Kier alpha value is -3.36. The molecule has 1 unspecified atom stereocenters. The first-order valence-corrected chi connectivity index (χ1v) is 12.1. The van der Waals surface area contributed by atoms with Crippen LogP contribution < -0.4 is 9.47 Å². The molecule has 0 aliphatic carbocycles. The Labute approximate surface area is 202 Å². The molecule has 0 N–H and O–H groups in total. The van der Waals surface area contributed by atoms with Gasteiger partial charge >= 0.3 is 0 Å². The van der Waals surface area contributed by atoms with Crippen molar-refractivity contribution in [1.29, 1.82) is 0 Å². The maximum absolute atomic E-state index is 13.7. The van der Waals surface area contributed by atoms with Gasteiger partial charge < -0.3 is 24.0 Å². The molecule has 2 aromatic carbocycles. The molecule has 3 heterocycles. The highest BCUT2D eigenvalue weighted by molar-refractivity contribution is 7.10. The molecule has 2 amide bonds. The van der Waals surface area contributed by atoms with Gasteiger partial charge in [0.15, 0.2) is 11.5 Å². The van der Waals surface area contributed by atoms with Crippen LogP contribution in [-0.4, -0.2) is 61.8 Å². The van der Waals surface area contributed by atoms with Crippen molar-refractivity contribution in [3.05, 3.63) is 81.5 Å². The second-order valence-electron chi connectivity index (χ2n) is 8.24. The SMILES string of the molecule is COCCN(CC(=O)N1CCc2sccc2C1c1ccccc1)C(=O)c1ccc2c(c1)OCO2. The molecule has 2 aliphatic heterocycles. The average Bonchev–Trinajstić information content (AvgIpc) is 3.54. The van der Waals surface area contributed by atoms with Crippen molar-refractivity contribution in [3.63, 3.8) is 0 Å². The van der Waals surface area contributed by atoms with Crippen molar-refractivity contribution in [2.75, 3.05) is 40.1 Å². The van der Waals surface area contributed by atoms with E-state index in [-0.39, 0.29) is 31.2 Å². The molecule has 176 valence electrons. The van der Waals surface area contributed by atoms with Gasteiger partial charge in [-0.1, -0.05) is 30.3 Å². The zero-order valence-electron chi connectivity index (χ0n) is 18.9. The zero-order valence-corrected chi connectivity index (χ0v) is 19.8. The third-order valence-corrected chi connectivity index (χ3v) is 7.20. The minimum Gasteiger partial charge on any atom is -0.454 e. The standard InChI is InChI=1S/C26H26N2O5S/c1-31-13-12-27(26(30)19-7-8-21-22(15-19)33-17-32-21)16-24(29)28-11-9-23-20(10-14-34-23)25(28)18-5-3-2-4-6-18/h2-8,10,14-15,25H,9,11-13,16-17H2,1H3. The summed E-state index contributed by atoms with van der Waals surface area (Å²) in [6.07, 6.45) is 0.816. The number of hydrogen-bond acceptors (Lipinski definition) is 6. The van der Waals surface area contributed by atoms with Crippen LogP contribution in [0.25, 0.3) is 0 Å². The number of methoxy groups -OCH3 is 1. The van der Waals surface area contributed by atoms with Crippen LogP contribution in [0.1, 0.15) is 32.4 Å².